The maximum absolute atomic E-state index is 12.4. The number of hydrogen-bond donors (Lipinski definition) is 1. The molecule has 1 aromatic heterocycles. The molecule has 130 valence electrons. The van der Waals surface area contributed by atoms with Crippen molar-refractivity contribution < 1.29 is 9.53 Å². The fourth-order valence-corrected chi connectivity index (χ4v) is 3.07. The molecule has 1 aliphatic carbocycles. The van der Waals surface area contributed by atoms with Crippen LogP contribution in [0.2, 0.25) is 0 Å². The summed E-state index contributed by atoms with van der Waals surface area (Å²) in [6.45, 7) is 0.688. The second-order valence-electron chi connectivity index (χ2n) is 6.40. The highest BCUT2D eigenvalue weighted by Gasteiger charge is 2.38. The van der Waals surface area contributed by atoms with E-state index in [2.05, 4.69) is 39.6 Å². The first-order chi connectivity index (χ1) is 12.8. The van der Waals surface area contributed by atoms with Gasteiger partial charge in [-0.2, -0.15) is 0 Å². The van der Waals surface area contributed by atoms with Gasteiger partial charge in [-0.15, -0.1) is 0 Å². The van der Waals surface area contributed by atoms with E-state index in [9.17, 15) is 4.79 Å². The number of carbonyl (C=O) groups excluding carboxylic acids is 1. The van der Waals surface area contributed by atoms with Crippen molar-refractivity contribution in [3.63, 3.8) is 0 Å². The van der Waals surface area contributed by atoms with E-state index in [1.54, 1.807) is 36.7 Å². The summed E-state index contributed by atoms with van der Waals surface area (Å²) >= 11 is 0. The van der Waals surface area contributed by atoms with E-state index in [1.165, 1.54) is 11.8 Å². The molecule has 0 radical (unpaired) electrons. The van der Waals surface area contributed by atoms with Crippen LogP contribution in [-0.4, -0.2) is 22.4 Å². The average molecular weight is 345 g/mol. The van der Waals surface area contributed by atoms with Gasteiger partial charge in [-0.1, -0.05) is 36.4 Å². The molecule has 2 atom stereocenters. The van der Waals surface area contributed by atoms with E-state index in [1.807, 2.05) is 6.07 Å². The van der Waals surface area contributed by atoms with Gasteiger partial charge in [-0.25, -0.2) is 4.98 Å². The Hall–Kier alpha value is -3.21. The Kier molecular flexibility index (Phi) is 4.60. The molecule has 5 nitrogen and oxygen atoms in total. The van der Waals surface area contributed by atoms with Gasteiger partial charge in [-0.3, -0.25) is 9.78 Å². The van der Waals surface area contributed by atoms with Gasteiger partial charge >= 0.3 is 0 Å². The maximum atomic E-state index is 12.4. The molecular formula is C21H19N3O2. The van der Waals surface area contributed by atoms with Crippen molar-refractivity contribution in [2.45, 2.75) is 12.3 Å². The standard InChI is InChI=1S/C21H19N3O2/c25-21(24-13-17-12-19(17)15-5-2-1-3-6-15)16-7-4-8-18(11-16)26-20-14-22-9-10-23-20/h1-11,14,17,19H,12-13H2,(H,24,25)/t17-,19-/m1/s1. The highest BCUT2D eigenvalue weighted by Crippen LogP contribution is 2.46. The van der Waals surface area contributed by atoms with Crippen LogP contribution in [0.5, 0.6) is 11.6 Å². The molecule has 0 bridgehead atoms. The lowest BCUT2D eigenvalue weighted by atomic mass is 10.1. The number of nitrogens with zero attached hydrogens (tertiary/aromatic N) is 2. The number of hydrogen-bond acceptors (Lipinski definition) is 4. The molecule has 0 aliphatic heterocycles. The molecule has 1 saturated carbocycles. The molecule has 1 fully saturated rings. The van der Waals surface area contributed by atoms with E-state index in [4.69, 9.17) is 4.74 Å². The summed E-state index contributed by atoms with van der Waals surface area (Å²) in [7, 11) is 0. The zero-order chi connectivity index (χ0) is 17.8. The SMILES string of the molecule is O=C(NC[C@H]1C[C@@H]1c1ccccc1)c1cccc(Oc2cnccn2)c1. The van der Waals surface area contributed by atoms with Crippen molar-refractivity contribution in [3.8, 4) is 11.6 Å². The van der Waals surface area contributed by atoms with Crippen molar-refractivity contribution in [1.82, 2.24) is 15.3 Å². The molecule has 2 aromatic carbocycles. The zero-order valence-electron chi connectivity index (χ0n) is 14.2. The minimum atomic E-state index is -0.0895. The van der Waals surface area contributed by atoms with Crippen LogP contribution < -0.4 is 10.1 Å². The lowest BCUT2D eigenvalue weighted by molar-refractivity contribution is 0.0951. The number of ether oxygens (including phenoxy) is 1. The Balaban J connectivity index is 1.33. The largest absolute Gasteiger partial charge is 0.437 e. The molecule has 0 spiro atoms. The van der Waals surface area contributed by atoms with Gasteiger partial charge in [0, 0.05) is 24.5 Å². The van der Waals surface area contributed by atoms with Crippen LogP contribution in [0.4, 0.5) is 0 Å². The quantitative estimate of drug-likeness (QED) is 0.738. The maximum Gasteiger partial charge on any atom is 0.251 e. The van der Waals surface area contributed by atoms with Crippen molar-refractivity contribution in [2.75, 3.05) is 6.54 Å². The Morgan fingerprint density at radius 3 is 2.81 bits per heavy atom. The van der Waals surface area contributed by atoms with Crippen molar-refractivity contribution in [2.24, 2.45) is 5.92 Å². The predicted molar refractivity (Wildman–Crippen MR) is 98.2 cm³/mol. The summed E-state index contributed by atoms with van der Waals surface area (Å²) in [5, 5.41) is 3.03. The van der Waals surface area contributed by atoms with E-state index in [0.29, 0.717) is 35.6 Å². The van der Waals surface area contributed by atoms with Gasteiger partial charge in [0.25, 0.3) is 5.91 Å². The smallest absolute Gasteiger partial charge is 0.251 e. The third-order valence-electron chi connectivity index (χ3n) is 4.53. The van der Waals surface area contributed by atoms with Crippen LogP contribution in [0.3, 0.4) is 0 Å². The molecule has 1 heterocycles. The van der Waals surface area contributed by atoms with Crippen molar-refractivity contribution in [1.29, 1.82) is 0 Å². The summed E-state index contributed by atoms with van der Waals surface area (Å²) in [5.41, 5.74) is 1.93. The minimum absolute atomic E-state index is 0.0895. The molecule has 5 heteroatoms. The second-order valence-corrected chi connectivity index (χ2v) is 6.40. The first-order valence-corrected chi connectivity index (χ1v) is 8.66. The third kappa shape index (κ3) is 3.88. The van der Waals surface area contributed by atoms with E-state index < -0.39 is 0 Å². The normalized spacial score (nSPS) is 18.2. The number of amides is 1. The molecular weight excluding hydrogens is 326 g/mol. The highest BCUT2D eigenvalue weighted by molar-refractivity contribution is 5.94. The molecule has 1 amide bonds. The van der Waals surface area contributed by atoms with Crippen LogP contribution in [0.15, 0.2) is 73.2 Å². The fraction of sp³-hybridized carbons (Fsp3) is 0.190. The highest BCUT2D eigenvalue weighted by atomic mass is 16.5. The number of carbonyl (C=O) groups is 1. The minimum Gasteiger partial charge on any atom is -0.437 e. The van der Waals surface area contributed by atoms with Gasteiger partial charge in [0.15, 0.2) is 0 Å². The summed E-state index contributed by atoms with van der Waals surface area (Å²) in [6, 6.07) is 17.5. The summed E-state index contributed by atoms with van der Waals surface area (Å²) in [5.74, 6) is 1.94. The van der Waals surface area contributed by atoms with E-state index in [0.717, 1.165) is 6.42 Å². The molecule has 3 aromatic rings. The van der Waals surface area contributed by atoms with Crippen LogP contribution in [0.25, 0.3) is 0 Å². The topological polar surface area (TPSA) is 64.1 Å². The Labute approximate surface area is 152 Å². The summed E-state index contributed by atoms with van der Waals surface area (Å²) in [6.07, 6.45) is 5.80. The molecule has 1 aliphatic rings. The number of rotatable bonds is 6. The summed E-state index contributed by atoms with van der Waals surface area (Å²) < 4.78 is 5.63. The van der Waals surface area contributed by atoms with Gasteiger partial charge < -0.3 is 10.1 Å². The van der Waals surface area contributed by atoms with E-state index in [-0.39, 0.29) is 5.91 Å². The van der Waals surface area contributed by atoms with Crippen molar-refractivity contribution in [3.05, 3.63) is 84.3 Å². The lowest BCUT2D eigenvalue weighted by Crippen LogP contribution is -2.25. The molecule has 1 N–H and O–H groups in total. The second kappa shape index (κ2) is 7.35. The van der Waals surface area contributed by atoms with Crippen LogP contribution >= 0.6 is 0 Å². The van der Waals surface area contributed by atoms with Crippen LogP contribution in [-0.2, 0) is 0 Å². The number of benzene rings is 2. The van der Waals surface area contributed by atoms with Gasteiger partial charge in [0.05, 0.1) is 6.20 Å². The predicted octanol–water partition coefficient (Wildman–Crippen LogP) is 3.80. The lowest BCUT2D eigenvalue weighted by Gasteiger charge is -2.08. The van der Waals surface area contributed by atoms with Crippen molar-refractivity contribution >= 4 is 5.91 Å². The molecule has 26 heavy (non-hydrogen) atoms. The molecule has 0 unspecified atom stereocenters. The average Bonchev–Trinajstić information content (AvgIpc) is 3.48. The van der Waals surface area contributed by atoms with Crippen LogP contribution in [0, 0.1) is 5.92 Å². The fourth-order valence-electron chi connectivity index (χ4n) is 3.07. The molecule has 0 saturated heterocycles. The Morgan fingerprint density at radius 1 is 1.12 bits per heavy atom. The van der Waals surface area contributed by atoms with Gasteiger partial charge in [-0.05, 0) is 42.0 Å². The first kappa shape index (κ1) is 16.3. The molecule has 4 rings (SSSR count). The van der Waals surface area contributed by atoms with Gasteiger partial charge in [0.2, 0.25) is 5.88 Å². The third-order valence-corrected chi connectivity index (χ3v) is 4.53. The monoisotopic (exact) mass is 345 g/mol. The Bertz CT molecular complexity index is 884. The summed E-state index contributed by atoms with van der Waals surface area (Å²) in [4.78, 5) is 20.5. The Morgan fingerprint density at radius 2 is 2.00 bits per heavy atom. The number of aromatic nitrogens is 2. The first-order valence-electron chi connectivity index (χ1n) is 8.66. The van der Waals surface area contributed by atoms with Gasteiger partial charge in [0.1, 0.15) is 5.75 Å². The zero-order valence-corrected chi connectivity index (χ0v) is 14.2. The number of nitrogens with one attached hydrogen (secondary N) is 1. The van der Waals surface area contributed by atoms with Crippen LogP contribution in [0.1, 0.15) is 28.3 Å². The van der Waals surface area contributed by atoms with E-state index >= 15 is 0 Å².